The number of esters is 1. The summed E-state index contributed by atoms with van der Waals surface area (Å²) < 4.78 is 5.15. The largest absolute Gasteiger partial charge is 0.436 e. The monoisotopic (exact) mass is 247 g/mol. The zero-order chi connectivity index (χ0) is 13.1. The van der Waals surface area contributed by atoms with E-state index in [2.05, 4.69) is 6.07 Å². The molecule has 1 aliphatic heterocycles. The molecule has 96 valence electrons. The quantitative estimate of drug-likeness (QED) is 0.604. The molecule has 0 bridgehead atoms. The number of rotatable bonds is 3. The molecule has 0 fully saturated rings. The molecule has 0 aliphatic carbocycles. The molecule has 1 aromatic carbocycles. The Morgan fingerprint density at radius 2 is 2.06 bits per heavy atom. The summed E-state index contributed by atoms with van der Waals surface area (Å²) in [4.78, 5) is 24.3. The molecule has 0 saturated heterocycles. The first kappa shape index (κ1) is 12.6. The van der Waals surface area contributed by atoms with Gasteiger partial charge in [-0.3, -0.25) is 4.79 Å². The number of hydrogen-bond acceptors (Lipinski definition) is 4. The van der Waals surface area contributed by atoms with Crippen molar-refractivity contribution in [2.45, 2.75) is 32.9 Å². The first-order valence-electron chi connectivity index (χ1n) is 6.15. The maximum absolute atomic E-state index is 11.3. The summed E-state index contributed by atoms with van der Waals surface area (Å²) in [7, 11) is 0. The van der Waals surface area contributed by atoms with Crippen molar-refractivity contribution in [2.75, 3.05) is 11.4 Å². The maximum atomic E-state index is 11.3. The molecule has 0 N–H and O–H groups in total. The molecular formula is C14H17NO3. The number of para-hydroxylation sites is 1. The van der Waals surface area contributed by atoms with Crippen LogP contribution in [0.25, 0.3) is 0 Å². The number of carbonyl (C=O) groups excluding carboxylic acids is 2. The number of nitrogens with zero attached hydrogens (tertiary/aromatic N) is 1. The van der Waals surface area contributed by atoms with E-state index in [0.717, 1.165) is 25.1 Å². The summed E-state index contributed by atoms with van der Waals surface area (Å²) in [5.74, 6) is -1.34. The molecule has 0 spiro atoms. The van der Waals surface area contributed by atoms with Crippen LogP contribution < -0.4 is 4.90 Å². The molecule has 4 nitrogen and oxygen atoms in total. The highest BCUT2D eigenvalue weighted by Gasteiger charge is 2.24. The number of hydrogen-bond donors (Lipinski definition) is 0. The van der Waals surface area contributed by atoms with E-state index in [9.17, 15) is 9.59 Å². The topological polar surface area (TPSA) is 46.6 Å². The Morgan fingerprint density at radius 3 is 2.78 bits per heavy atom. The second-order valence-electron chi connectivity index (χ2n) is 4.49. The third-order valence-corrected chi connectivity index (χ3v) is 3.15. The number of ether oxygens (including phenoxy) is 1. The van der Waals surface area contributed by atoms with Crippen LogP contribution in [0.5, 0.6) is 0 Å². The van der Waals surface area contributed by atoms with Crippen LogP contribution >= 0.6 is 0 Å². The number of carbonyl (C=O) groups is 2. The zero-order valence-electron chi connectivity index (χ0n) is 10.7. The number of ketones is 1. The van der Waals surface area contributed by atoms with Gasteiger partial charge in [-0.25, -0.2) is 4.79 Å². The van der Waals surface area contributed by atoms with Crippen LogP contribution in [-0.4, -0.2) is 24.5 Å². The van der Waals surface area contributed by atoms with Crippen LogP contribution in [0, 0.1) is 0 Å². The molecule has 1 aliphatic rings. The van der Waals surface area contributed by atoms with Crippen molar-refractivity contribution >= 4 is 17.4 Å². The van der Waals surface area contributed by atoms with E-state index in [1.54, 1.807) is 6.92 Å². The summed E-state index contributed by atoms with van der Waals surface area (Å²) in [6.45, 7) is 3.85. The summed E-state index contributed by atoms with van der Waals surface area (Å²) >= 11 is 0. The lowest BCUT2D eigenvalue weighted by molar-refractivity contribution is -0.156. The summed E-state index contributed by atoms with van der Waals surface area (Å²) in [6, 6.07) is 8.08. The van der Waals surface area contributed by atoms with E-state index < -0.39 is 18.0 Å². The van der Waals surface area contributed by atoms with Gasteiger partial charge in [0.25, 0.3) is 0 Å². The van der Waals surface area contributed by atoms with Gasteiger partial charge in [0.2, 0.25) is 5.78 Å². The van der Waals surface area contributed by atoms with Gasteiger partial charge in [-0.1, -0.05) is 18.2 Å². The Labute approximate surface area is 107 Å². The van der Waals surface area contributed by atoms with Gasteiger partial charge in [-0.05, 0) is 31.4 Å². The van der Waals surface area contributed by atoms with Crippen molar-refractivity contribution in [3.63, 3.8) is 0 Å². The lowest BCUT2D eigenvalue weighted by Gasteiger charge is -2.35. The van der Waals surface area contributed by atoms with Gasteiger partial charge in [0, 0.05) is 19.2 Å². The first-order valence-corrected chi connectivity index (χ1v) is 6.15. The van der Waals surface area contributed by atoms with Crippen molar-refractivity contribution < 1.29 is 14.3 Å². The van der Waals surface area contributed by atoms with Crippen LogP contribution in [0.15, 0.2) is 24.3 Å². The van der Waals surface area contributed by atoms with Gasteiger partial charge < -0.3 is 9.64 Å². The molecule has 2 rings (SSSR count). The SMILES string of the molecule is CC(=O)C(=O)OC(C)N1CCCc2ccccc21. The average Bonchev–Trinajstić information content (AvgIpc) is 2.37. The van der Waals surface area contributed by atoms with E-state index in [1.165, 1.54) is 12.5 Å². The minimum absolute atomic E-state index is 0.414. The Bertz CT molecular complexity index is 470. The fourth-order valence-corrected chi connectivity index (χ4v) is 2.24. The molecule has 4 heteroatoms. The van der Waals surface area contributed by atoms with E-state index >= 15 is 0 Å². The van der Waals surface area contributed by atoms with Gasteiger partial charge in [0.15, 0.2) is 6.23 Å². The molecule has 1 heterocycles. The van der Waals surface area contributed by atoms with E-state index in [4.69, 9.17) is 4.74 Å². The van der Waals surface area contributed by atoms with Gasteiger partial charge >= 0.3 is 5.97 Å². The van der Waals surface area contributed by atoms with E-state index in [0.29, 0.717) is 0 Å². The number of benzene rings is 1. The van der Waals surface area contributed by atoms with Crippen LogP contribution in [0.3, 0.4) is 0 Å². The van der Waals surface area contributed by atoms with Crippen LogP contribution in [0.2, 0.25) is 0 Å². The molecule has 0 radical (unpaired) electrons. The van der Waals surface area contributed by atoms with Gasteiger partial charge in [0.1, 0.15) is 0 Å². The van der Waals surface area contributed by atoms with Gasteiger partial charge in [-0.2, -0.15) is 0 Å². The normalized spacial score (nSPS) is 15.8. The Hall–Kier alpha value is -1.84. The first-order chi connectivity index (χ1) is 8.59. The van der Waals surface area contributed by atoms with Crippen molar-refractivity contribution in [3.05, 3.63) is 29.8 Å². The molecule has 0 aromatic heterocycles. The molecule has 1 atom stereocenters. The fraction of sp³-hybridized carbons (Fsp3) is 0.429. The van der Waals surface area contributed by atoms with Crippen LogP contribution in [-0.2, 0) is 20.7 Å². The van der Waals surface area contributed by atoms with Crippen molar-refractivity contribution in [3.8, 4) is 0 Å². The molecule has 0 saturated carbocycles. The highest BCUT2D eigenvalue weighted by Crippen LogP contribution is 2.28. The number of anilines is 1. The van der Waals surface area contributed by atoms with Gasteiger partial charge in [0.05, 0.1) is 0 Å². The maximum Gasteiger partial charge on any atom is 0.376 e. The number of aryl methyl sites for hydroxylation is 1. The standard InChI is InChI=1S/C14H17NO3/c1-10(16)14(17)18-11(2)15-9-5-7-12-6-3-4-8-13(12)15/h3-4,6,8,11H,5,7,9H2,1-2H3. The van der Waals surface area contributed by atoms with E-state index in [1.807, 2.05) is 23.1 Å². The van der Waals surface area contributed by atoms with Crippen LogP contribution in [0.4, 0.5) is 5.69 Å². The molecule has 1 aromatic rings. The number of Topliss-reactive ketones (excluding diaryl/α,β-unsaturated/α-hetero) is 1. The van der Waals surface area contributed by atoms with Crippen molar-refractivity contribution in [1.29, 1.82) is 0 Å². The molecule has 0 amide bonds. The predicted molar refractivity (Wildman–Crippen MR) is 68.3 cm³/mol. The Morgan fingerprint density at radius 1 is 1.33 bits per heavy atom. The highest BCUT2D eigenvalue weighted by atomic mass is 16.6. The average molecular weight is 247 g/mol. The van der Waals surface area contributed by atoms with Crippen molar-refractivity contribution in [1.82, 2.24) is 0 Å². The van der Waals surface area contributed by atoms with E-state index in [-0.39, 0.29) is 0 Å². The number of fused-ring (bicyclic) bond motifs is 1. The minimum atomic E-state index is -0.773. The highest BCUT2D eigenvalue weighted by molar-refractivity contribution is 6.32. The summed E-state index contributed by atoms with van der Waals surface area (Å²) in [5.41, 5.74) is 2.35. The fourth-order valence-electron chi connectivity index (χ4n) is 2.24. The lowest BCUT2D eigenvalue weighted by atomic mass is 10.0. The van der Waals surface area contributed by atoms with Gasteiger partial charge in [-0.15, -0.1) is 0 Å². The third kappa shape index (κ3) is 2.53. The van der Waals surface area contributed by atoms with Crippen molar-refractivity contribution in [2.24, 2.45) is 0 Å². The Kier molecular flexibility index (Phi) is 3.65. The zero-order valence-corrected chi connectivity index (χ0v) is 10.7. The smallest absolute Gasteiger partial charge is 0.376 e. The second kappa shape index (κ2) is 5.21. The molecule has 1 unspecified atom stereocenters. The Balaban J connectivity index is 2.15. The molecule has 18 heavy (non-hydrogen) atoms. The second-order valence-corrected chi connectivity index (χ2v) is 4.49. The minimum Gasteiger partial charge on any atom is -0.436 e. The third-order valence-electron chi connectivity index (χ3n) is 3.15. The lowest BCUT2D eigenvalue weighted by Crippen LogP contribution is -2.41. The van der Waals surface area contributed by atoms with Crippen LogP contribution in [0.1, 0.15) is 25.8 Å². The molecular weight excluding hydrogens is 230 g/mol. The predicted octanol–water partition coefficient (Wildman–Crippen LogP) is 1.92. The summed E-state index contributed by atoms with van der Waals surface area (Å²) in [5, 5.41) is 0. The summed E-state index contributed by atoms with van der Waals surface area (Å²) in [6.07, 6.45) is 1.65.